The molecule has 0 aromatic heterocycles. The van der Waals surface area contributed by atoms with E-state index in [1.54, 1.807) is 20.2 Å². The van der Waals surface area contributed by atoms with E-state index in [4.69, 9.17) is 4.74 Å². The Morgan fingerprint density at radius 2 is 2.25 bits per heavy atom. The van der Waals surface area contributed by atoms with Crippen molar-refractivity contribution in [3.05, 3.63) is 29.8 Å². The third-order valence-corrected chi connectivity index (χ3v) is 1.68. The molecule has 0 spiro atoms. The first-order chi connectivity index (χ1) is 5.77. The van der Waals surface area contributed by atoms with E-state index >= 15 is 0 Å². The maximum atomic E-state index is 9.38. The Morgan fingerprint density at radius 3 is 2.83 bits per heavy atom. The Balaban J connectivity index is 2.86. The van der Waals surface area contributed by atoms with Crippen LogP contribution in [-0.4, -0.2) is 19.3 Å². The van der Waals surface area contributed by atoms with E-state index in [2.05, 4.69) is 5.32 Å². The molecule has 0 aliphatic carbocycles. The quantitative estimate of drug-likeness (QED) is 0.657. The molecule has 0 aliphatic heterocycles. The van der Waals surface area contributed by atoms with Crippen LogP contribution in [0.5, 0.6) is 5.75 Å². The summed E-state index contributed by atoms with van der Waals surface area (Å²) in [6.07, 6.45) is -0.625. The highest BCUT2D eigenvalue weighted by Crippen LogP contribution is 2.16. The highest BCUT2D eigenvalue weighted by molar-refractivity contribution is 5.29. The number of nitrogens with one attached hydrogen (secondary N) is 1. The molecule has 0 radical (unpaired) electrons. The minimum absolute atomic E-state index is 0.625. The van der Waals surface area contributed by atoms with Crippen LogP contribution < -0.4 is 10.1 Å². The van der Waals surface area contributed by atoms with Crippen molar-refractivity contribution in [2.75, 3.05) is 14.2 Å². The maximum Gasteiger partial charge on any atom is 0.130 e. The largest absolute Gasteiger partial charge is 0.497 e. The maximum absolute atomic E-state index is 9.38. The number of ether oxygens (including phenoxy) is 1. The molecule has 2 N–H and O–H groups in total. The molecule has 0 fully saturated rings. The van der Waals surface area contributed by atoms with Crippen LogP contribution in [-0.2, 0) is 0 Å². The minimum atomic E-state index is -0.625. The van der Waals surface area contributed by atoms with Crippen molar-refractivity contribution in [3.63, 3.8) is 0 Å². The molecule has 12 heavy (non-hydrogen) atoms. The Kier molecular flexibility index (Phi) is 3.08. The van der Waals surface area contributed by atoms with Crippen molar-refractivity contribution in [1.29, 1.82) is 0 Å². The highest BCUT2D eigenvalue weighted by Gasteiger charge is 2.03. The molecular formula is C9H13NO2. The zero-order chi connectivity index (χ0) is 8.97. The fourth-order valence-corrected chi connectivity index (χ4v) is 0.978. The molecule has 0 aliphatic rings. The van der Waals surface area contributed by atoms with Gasteiger partial charge in [-0.15, -0.1) is 0 Å². The monoisotopic (exact) mass is 167 g/mol. The Hall–Kier alpha value is -1.06. The van der Waals surface area contributed by atoms with E-state index < -0.39 is 6.23 Å². The predicted molar refractivity (Wildman–Crippen MR) is 47.0 cm³/mol. The minimum Gasteiger partial charge on any atom is -0.497 e. The second-order valence-electron chi connectivity index (χ2n) is 2.47. The average Bonchev–Trinajstić information content (AvgIpc) is 2.17. The lowest BCUT2D eigenvalue weighted by molar-refractivity contribution is 0.149. The Morgan fingerprint density at radius 1 is 1.50 bits per heavy atom. The SMILES string of the molecule is CNC(O)c1cccc(OC)c1. The summed E-state index contributed by atoms with van der Waals surface area (Å²) in [4.78, 5) is 0. The second kappa shape index (κ2) is 4.09. The first-order valence-corrected chi connectivity index (χ1v) is 3.77. The van der Waals surface area contributed by atoms with Crippen molar-refractivity contribution >= 4 is 0 Å². The van der Waals surface area contributed by atoms with Crippen LogP contribution in [0.1, 0.15) is 11.8 Å². The van der Waals surface area contributed by atoms with Crippen LogP contribution in [0.3, 0.4) is 0 Å². The van der Waals surface area contributed by atoms with Gasteiger partial charge in [0.05, 0.1) is 7.11 Å². The van der Waals surface area contributed by atoms with Crippen molar-refractivity contribution in [1.82, 2.24) is 5.32 Å². The molecule has 3 heteroatoms. The van der Waals surface area contributed by atoms with Crippen molar-refractivity contribution < 1.29 is 9.84 Å². The van der Waals surface area contributed by atoms with Crippen molar-refractivity contribution in [3.8, 4) is 5.75 Å². The van der Waals surface area contributed by atoms with Crippen molar-refractivity contribution in [2.45, 2.75) is 6.23 Å². The molecule has 1 unspecified atom stereocenters. The fraction of sp³-hybridized carbons (Fsp3) is 0.333. The topological polar surface area (TPSA) is 41.5 Å². The summed E-state index contributed by atoms with van der Waals surface area (Å²) in [7, 11) is 3.30. The molecule has 66 valence electrons. The lowest BCUT2D eigenvalue weighted by atomic mass is 10.2. The second-order valence-corrected chi connectivity index (χ2v) is 2.47. The first-order valence-electron chi connectivity index (χ1n) is 3.77. The molecule has 3 nitrogen and oxygen atoms in total. The van der Waals surface area contributed by atoms with Crippen molar-refractivity contribution in [2.24, 2.45) is 0 Å². The molecular weight excluding hydrogens is 154 g/mol. The van der Waals surface area contributed by atoms with Gasteiger partial charge in [0, 0.05) is 0 Å². The van der Waals surface area contributed by atoms with Gasteiger partial charge in [-0.2, -0.15) is 0 Å². The highest BCUT2D eigenvalue weighted by atomic mass is 16.5. The van der Waals surface area contributed by atoms with Crippen LogP contribution in [0, 0.1) is 0 Å². The Labute approximate surface area is 72.0 Å². The normalized spacial score (nSPS) is 12.6. The molecule has 1 aromatic rings. The summed E-state index contributed by atoms with van der Waals surface area (Å²) in [5, 5.41) is 12.1. The van der Waals surface area contributed by atoms with E-state index in [0.717, 1.165) is 11.3 Å². The van der Waals surface area contributed by atoms with Crippen LogP contribution >= 0.6 is 0 Å². The van der Waals surface area contributed by atoms with Crippen LogP contribution in [0.2, 0.25) is 0 Å². The third kappa shape index (κ3) is 1.96. The lowest BCUT2D eigenvalue weighted by Gasteiger charge is -2.10. The van der Waals surface area contributed by atoms with Gasteiger partial charge in [-0.1, -0.05) is 12.1 Å². The molecule has 1 atom stereocenters. The zero-order valence-electron chi connectivity index (χ0n) is 7.24. The molecule has 0 saturated heterocycles. The summed E-state index contributed by atoms with van der Waals surface area (Å²) in [6, 6.07) is 7.31. The number of aliphatic hydroxyl groups is 1. The first kappa shape index (κ1) is 9.03. The Bertz CT molecular complexity index is 250. The van der Waals surface area contributed by atoms with Gasteiger partial charge in [-0.05, 0) is 24.7 Å². The summed E-state index contributed by atoms with van der Waals surface area (Å²) >= 11 is 0. The van der Waals surface area contributed by atoms with E-state index in [9.17, 15) is 5.11 Å². The molecule has 0 amide bonds. The van der Waals surface area contributed by atoms with E-state index in [-0.39, 0.29) is 0 Å². The van der Waals surface area contributed by atoms with Gasteiger partial charge in [-0.25, -0.2) is 0 Å². The molecule has 0 bridgehead atoms. The zero-order valence-corrected chi connectivity index (χ0v) is 7.24. The molecule has 0 saturated carbocycles. The molecule has 0 heterocycles. The fourth-order valence-electron chi connectivity index (χ4n) is 0.978. The molecule has 1 rings (SSSR count). The lowest BCUT2D eigenvalue weighted by Crippen LogP contribution is -2.14. The summed E-state index contributed by atoms with van der Waals surface area (Å²) < 4.78 is 5.01. The smallest absolute Gasteiger partial charge is 0.130 e. The molecule has 1 aromatic carbocycles. The number of aliphatic hydroxyl groups excluding tert-OH is 1. The van der Waals surface area contributed by atoms with Gasteiger partial charge >= 0.3 is 0 Å². The van der Waals surface area contributed by atoms with Gasteiger partial charge in [0.2, 0.25) is 0 Å². The van der Waals surface area contributed by atoms with Gasteiger partial charge in [0.1, 0.15) is 12.0 Å². The van der Waals surface area contributed by atoms with E-state index in [1.165, 1.54) is 0 Å². The summed E-state index contributed by atoms with van der Waals surface area (Å²) in [5.74, 6) is 0.752. The average molecular weight is 167 g/mol. The van der Waals surface area contributed by atoms with Gasteiger partial charge in [-0.3, -0.25) is 5.32 Å². The van der Waals surface area contributed by atoms with Gasteiger partial charge < -0.3 is 9.84 Å². The number of hydrogen-bond donors (Lipinski definition) is 2. The van der Waals surface area contributed by atoms with Gasteiger partial charge in [0.15, 0.2) is 0 Å². The number of methoxy groups -OCH3 is 1. The number of rotatable bonds is 3. The number of benzene rings is 1. The summed E-state index contributed by atoms with van der Waals surface area (Å²) in [6.45, 7) is 0. The van der Waals surface area contributed by atoms with Crippen LogP contribution in [0.25, 0.3) is 0 Å². The number of hydrogen-bond acceptors (Lipinski definition) is 3. The van der Waals surface area contributed by atoms with E-state index in [1.807, 2.05) is 18.2 Å². The van der Waals surface area contributed by atoms with Gasteiger partial charge in [0.25, 0.3) is 0 Å². The third-order valence-electron chi connectivity index (χ3n) is 1.68. The summed E-state index contributed by atoms with van der Waals surface area (Å²) in [5.41, 5.74) is 0.803. The predicted octanol–water partition coefficient (Wildman–Crippen LogP) is 0.906. The van der Waals surface area contributed by atoms with E-state index in [0.29, 0.717) is 0 Å². The van der Waals surface area contributed by atoms with Crippen LogP contribution in [0.4, 0.5) is 0 Å². The van der Waals surface area contributed by atoms with Crippen LogP contribution in [0.15, 0.2) is 24.3 Å². The standard InChI is InChI=1S/C9H13NO2/c1-10-9(11)7-4-3-5-8(6-7)12-2/h3-6,9-11H,1-2H3.